The van der Waals surface area contributed by atoms with Gasteiger partial charge in [0.05, 0.1) is 6.26 Å². The van der Waals surface area contributed by atoms with E-state index in [1.807, 2.05) is 13.0 Å². The summed E-state index contributed by atoms with van der Waals surface area (Å²) in [5.41, 5.74) is 6.87. The van der Waals surface area contributed by atoms with E-state index in [1.165, 1.54) is 12.3 Å². The smallest absolute Gasteiger partial charge is 0.305 e. The number of ether oxygens (including phenoxy) is 1. The van der Waals surface area contributed by atoms with Gasteiger partial charge in [0.2, 0.25) is 0 Å². The minimum absolute atomic E-state index is 0.111. The molecular formula is C20H17ClN2O4. The molecule has 1 heterocycles. The topological polar surface area (TPSA) is 80.6 Å². The van der Waals surface area contributed by atoms with Crippen LogP contribution in [0.15, 0.2) is 65.3 Å². The highest BCUT2D eigenvalue weighted by Gasteiger charge is 2.11. The van der Waals surface area contributed by atoms with Gasteiger partial charge in [0, 0.05) is 10.6 Å². The van der Waals surface area contributed by atoms with Crippen molar-refractivity contribution in [3.05, 3.63) is 88.3 Å². The van der Waals surface area contributed by atoms with E-state index >= 15 is 0 Å². The van der Waals surface area contributed by atoms with Crippen molar-refractivity contribution < 1.29 is 18.7 Å². The number of rotatable bonds is 5. The van der Waals surface area contributed by atoms with Crippen LogP contribution in [0.25, 0.3) is 0 Å². The second-order valence-electron chi connectivity index (χ2n) is 5.78. The minimum Gasteiger partial charge on any atom is -0.489 e. The fourth-order valence-corrected chi connectivity index (χ4v) is 2.40. The van der Waals surface area contributed by atoms with E-state index in [4.69, 9.17) is 20.8 Å². The van der Waals surface area contributed by atoms with E-state index in [0.717, 1.165) is 16.9 Å². The summed E-state index contributed by atoms with van der Waals surface area (Å²) in [4.78, 5) is 23.8. The molecule has 1 aromatic heterocycles. The average Bonchev–Trinajstić information content (AvgIpc) is 3.22. The summed E-state index contributed by atoms with van der Waals surface area (Å²) >= 11 is 5.99. The number of hydrogen-bond donors (Lipinski definition) is 2. The van der Waals surface area contributed by atoms with Crippen molar-refractivity contribution in [1.82, 2.24) is 10.9 Å². The van der Waals surface area contributed by atoms with Crippen LogP contribution in [-0.2, 0) is 6.61 Å². The first kappa shape index (κ1) is 18.5. The van der Waals surface area contributed by atoms with Crippen LogP contribution in [-0.4, -0.2) is 11.8 Å². The summed E-state index contributed by atoms with van der Waals surface area (Å²) in [6.45, 7) is 2.27. The largest absolute Gasteiger partial charge is 0.489 e. The van der Waals surface area contributed by atoms with Gasteiger partial charge in [-0.15, -0.1) is 0 Å². The Morgan fingerprint density at radius 3 is 2.44 bits per heavy atom. The number of amides is 2. The second kappa shape index (κ2) is 8.42. The molecule has 0 bridgehead atoms. The molecule has 2 amide bonds. The lowest BCUT2D eigenvalue weighted by molar-refractivity contribution is 0.0831. The molecule has 0 saturated heterocycles. The predicted octanol–water partition coefficient (Wildman–Crippen LogP) is 3.90. The maximum Gasteiger partial charge on any atom is 0.305 e. The molecule has 3 rings (SSSR count). The van der Waals surface area contributed by atoms with Crippen molar-refractivity contribution in [2.24, 2.45) is 0 Å². The van der Waals surface area contributed by atoms with Gasteiger partial charge >= 0.3 is 5.91 Å². The molecule has 6 nitrogen and oxygen atoms in total. The van der Waals surface area contributed by atoms with Crippen LogP contribution in [0.2, 0.25) is 5.02 Å². The highest BCUT2D eigenvalue weighted by atomic mass is 35.5. The molecule has 2 N–H and O–H groups in total. The number of carbonyl (C=O) groups excluding carboxylic acids is 2. The van der Waals surface area contributed by atoms with E-state index in [0.29, 0.717) is 17.2 Å². The number of hydrazine groups is 1. The van der Waals surface area contributed by atoms with Crippen molar-refractivity contribution in [2.75, 3.05) is 0 Å². The van der Waals surface area contributed by atoms with Crippen molar-refractivity contribution in [2.45, 2.75) is 13.5 Å². The predicted molar refractivity (Wildman–Crippen MR) is 101 cm³/mol. The zero-order chi connectivity index (χ0) is 19.2. The number of aryl methyl sites for hydroxylation is 1. The molecule has 27 heavy (non-hydrogen) atoms. The molecule has 0 atom stereocenters. The van der Waals surface area contributed by atoms with Crippen LogP contribution in [0, 0.1) is 6.92 Å². The van der Waals surface area contributed by atoms with Crippen molar-refractivity contribution in [1.29, 1.82) is 0 Å². The first-order valence-corrected chi connectivity index (χ1v) is 8.53. The molecule has 3 aromatic rings. The number of halogens is 1. The van der Waals surface area contributed by atoms with Crippen LogP contribution in [0.5, 0.6) is 5.75 Å². The standard InChI is InChI=1S/C20H17ClN2O4/c1-13-11-16(8-9-17(13)21)27-12-14-4-6-15(7-5-14)19(24)22-23-20(25)18-3-2-10-26-18/h2-11H,12H2,1H3,(H,22,24)(H,23,25). The molecule has 2 aromatic carbocycles. The van der Waals surface area contributed by atoms with Crippen molar-refractivity contribution >= 4 is 23.4 Å². The lowest BCUT2D eigenvalue weighted by Gasteiger charge is -2.09. The molecule has 0 radical (unpaired) electrons. The molecule has 0 fully saturated rings. The third-order valence-electron chi connectivity index (χ3n) is 3.79. The summed E-state index contributed by atoms with van der Waals surface area (Å²) in [7, 11) is 0. The normalized spacial score (nSPS) is 10.3. The Bertz CT molecular complexity index is 937. The molecule has 0 aliphatic carbocycles. The van der Waals surface area contributed by atoms with Gasteiger partial charge in [-0.25, -0.2) is 0 Å². The van der Waals surface area contributed by atoms with Gasteiger partial charge in [-0.05, 0) is 60.5 Å². The van der Waals surface area contributed by atoms with Crippen molar-refractivity contribution in [3.8, 4) is 5.75 Å². The van der Waals surface area contributed by atoms with E-state index in [2.05, 4.69) is 10.9 Å². The van der Waals surface area contributed by atoms with Crippen LogP contribution in [0.1, 0.15) is 32.0 Å². The average molecular weight is 385 g/mol. The summed E-state index contributed by atoms with van der Waals surface area (Å²) < 4.78 is 10.7. The number of nitrogens with one attached hydrogen (secondary N) is 2. The first-order chi connectivity index (χ1) is 13.0. The number of hydrogen-bond acceptors (Lipinski definition) is 4. The highest BCUT2D eigenvalue weighted by molar-refractivity contribution is 6.31. The summed E-state index contributed by atoms with van der Waals surface area (Å²) in [5.74, 6) is -0.132. The molecule has 0 unspecified atom stereocenters. The zero-order valence-electron chi connectivity index (χ0n) is 14.5. The van der Waals surface area contributed by atoms with E-state index in [9.17, 15) is 9.59 Å². The Morgan fingerprint density at radius 2 is 1.78 bits per heavy atom. The minimum atomic E-state index is -0.531. The summed E-state index contributed by atoms with van der Waals surface area (Å²) in [5, 5.41) is 0.692. The van der Waals surface area contributed by atoms with Gasteiger partial charge in [-0.2, -0.15) is 0 Å². The van der Waals surface area contributed by atoms with Crippen LogP contribution in [0.4, 0.5) is 0 Å². The first-order valence-electron chi connectivity index (χ1n) is 8.15. The highest BCUT2D eigenvalue weighted by Crippen LogP contribution is 2.21. The van der Waals surface area contributed by atoms with E-state index in [1.54, 1.807) is 42.5 Å². The molecule has 0 aliphatic rings. The fourth-order valence-electron chi connectivity index (χ4n) is 2.28. The maximum absolute atomic E-state index is 12.1. The molecule has 0 aliphatic heterocycles. The van der Waals surface area contributed by atoms with Crippen molar-refractivity contribution in [3.63, 3.8) is 0 Å². The van der Waals surface area contributed by atoms with Crippen LogP contribution < -0.4 is 15.6 Å². The Labute approximate surface area is 161 Å². The zero-order valence-corrected chi connectivity index (χ0v) is 15.2. The van der Waals surface area contributed by atoms with Crippen LogP contribution >= 0.6 is 11.6 Å². The van der Waals surface area contributed by atoms with Gasteiger partial charge < -0.3 is 9.15 Å². The molecule has 0 spiro atoms. The molecule has 7 heteroatoms. The number of benzene rings is 2. The number of carbonyl (C=O) groups is 2. The second-order valence-corrected chi connectivity index (χ2v) is 6.19. The molecule has 138 valence electrons. The lowest BCUT2D eigenvalue weighted by atomic mass is 10.1. The number of furan rings is 1. The molecule has 0 saturated carbocycles. The van der Waals surface area contributed by atoms with Gasteiger partial charge in [-0.3, -0.25) is 20.4 Å². The quantitative estimate of drug-likeness (QED) is 0.654. The Kier molecular flexibility index (Phi) is 5.78. The van der Waals surface area contributed by atoms with Gasteiger partial charge in [0.15, 0.2) is 5.76 Å². The fraction of sp³-hybridized carbons (Fsp3) is 0.100. The monoisotopic (exact) mass is 384 g/mol. The molecular weight excluding hydrogens is 368 g/mol. The summed E-state index contributed by atoms with van der Waals surface area (Å²) in [6.07, 6.45) is 1.38. The Morgan fingerprint density at radius 1 is 1.04 bits per heavy atom. The van der Waals surface area contributed by atoms with Crippen LogP contribution in [0.3, 0.4) is 0 Å². The Hall–Kier alpha value is -3.25. The maximum atomic E-state index is 12.1. The van der Waals surface area contributed by atoms with E-state index < -0.39 is 11.8 Å². The third-order valence-corrected chi connectivity index (χ3v) is 4.21. The summed E-state index contributed by atoms with van der Waals surface area (Å²) in [6, 6.07) is 15.4. The van der Waals surface area contributed by atoms with Gasteiger partial charge in [0.25, 0.3) is 5.91 Å². The van der Waals surface area contributed by atoms with Gasteiger partial charge in [0.1, 0.15) is 12.4 Å². The Balaban J connectivity index is 1.52. The lowest BCUT2D eigenvalue weighted by Crippen LogP contribution is -2.41. The third kappa shape index (κ3) is 4.89. The SMILES string of the molecule is Cc1cc(OCc2ccc(C(=O)NNC(=O)c3ccco3)cc2)ccc1Cl. The van der Waals surface area contributed by atoms with E-state index in [-0.39, 0.29) is 5.76 Å². The van der Waals surface area contributed by atoms with Gasteiger partial charge in [-0.1, -0.05) is 23.7 Å².